The van der Waals surface area contributed by atoms with E-state index in [1.807, 2.05) is 30.3 Å². The molecule has 0 aliphatic rings. The molecule has 0 saturated heterocycles. The fraction of sp³-hybridized carbons (Fsp3) is 0.304. The molecule has 8 nitrogen and oxygen atoms in total. The van der Waals surface area contributed by atoms with Gasteiger partial charge in [-0.15, -0.1) is 5.10 Å². The molecular weight excluding hydrogens is 415 g/mol. The molecule has 0 aliphatic heterocycles. The van der Waals surface area contributed by atoms with Crippen LogP contribution in [0.5, 0.6) is 0 Å². The van der Waals surface area contributed by atoms with Crippen LogP contribution in [0.15, 0.2) is 54.7 Å². The van der Waals surface area contributed by atoms with Crippen molar-refractivity contribution in [3.63, 3.8) is 0 Å². The van der Waals surface area contributed by atoms with E-state index >= 15 is 0 Å². The summed E-state index contributed by atoms with van der Waals surface area (Å²) < 4.78 is 13.5. The zero-order valence-electron chi connectivity index (χ0n) is 17.6. The molecule has 1 aromatic heterocycles. The number of H-pyrrole nitrogens is 1. The molecule has 9 heteroatoms. The smallest absolute Gasteiger partial charge is 0.309 e. The number of hydrogen-bond donors (Lipinski definition) is 4. The van der Waals surface area contributed by atoms with E-state index in [1.165, 1.54) is 18.3 Å². The highest BCUT2D eigenvalue weighted by Crippen LogP contribution is 2.29. The Morgan fingerprint density at radius 2 is 1.94 bits per heavy atom. The minimum atomic E-state index is -1.22. The molecule has 1 unspecified atom stereocenters. The molecule has 0 bridgehead atoms. The Balaban J connectivity index is 1.81. The summed E-state index contributed by atoms with van der Waals surface area (Å²) in [6.45, 7) is 1.27. The van der Waals surface area contributed by atoms with Gasteiger partial charge >= 0.3 is 5.97 Å². The first-order valence-corrected chi connectivity index (χ1v) is 10.2. The van der Waals surface area contributed by atoms with Crippen molar-refractivity contribution < 1.29 is 24.2 Å². The second kappa shape index (κ2) is 10.1. The lowest BCUT2D eigenvalue weighted by Gasteiger charge is -2.29. The number of benzene rings is 2. The van der Waals surface area contributed by atoms with Gasteiger partial charge in [-0.3, -0.25) is 14.7 Å². The van der Waals surface area contributed by atoms with Gasteiger partial charge in [-0.2, -0.15) is 0 Å². The first kappa shape index (κ1) is 23.1. The Kier molecular flexibility index (Phi) is 7.32. The second-order valence-electron chi connectivity index (χ2n) is 8.00. The summed E-state index contributed by atoms with van der Waals surface area (Å²) >= 11 is 0. The maximum Gasteiger partial charge on any atom is 0.309 e. The van der Waals surface area contributed by atoms with Gasteiger partial charge < -0.3 is 15.5 Å². The first-order valence-electron chi connectivity index (χ1n) is 10.2. The predicted octanol–water partition coefficient (Wildman–Crippen LogP) is 2.82. The molecule has 0 fully saturated rings. The molecule has 168 valence electrons. The third kappa shape index (κ3) is 5.76. The molecule has 1 amide bonds. The number of rotatable bonds is 10. The summed E-state index contributed by atoms with van der Waals surface area (Å²) in [7, 11) is 0. The van der Waals surface area contributed by atoms with Crippen LogP contribution in [0.2, 0.25) is 0 Å². The van der Waals surface area contributed by atoms with Gasteiger partial charge in [0.25, 0.3) is 5.91 Å². The van der Waals surface area contributed by atoms with Gasteiger partial charge in [0.2, 0.25) is 0 Å². The molecule has 4 N–H and O–H groups in total. The van der Waals surface area contributed by atoms with Crippen LogP contribution in [0, 0.1) is 11.2 Å². The molecule has 0 saturated carbocycles. The second-order valence-corrected chi connectivity index (χ2v) is 8.00. The van der Waals surface area contributed by atoms with E-state index in [4.69, 9.17) is 0 Å². The van der Waals surface area contributed by atoms with Crippen LogP contribution in [-0.4, -0.2) is 50.1 Å². The summed E-state index contributed by atoms with van der Waals surface area (Å²) in [5, 5.41) is 31.5. The zero-order valence-corrected chi connectivity index (χ0v) is 17.6. The molecule has 3 rings (SSSR count). The average molecular weight is 440 g/mol. The number of nitrogens with one attached hydrogen (secondary N) is 2. The SMILES string of the molecule is CC(CCO)(C[C@@H](Cc1ccc(-c2cccc(F)c2)cc1)NC(=O)c1cnn[nH]1)C(=O)O. The number of aliphatic carboxylic acids is 1. The van der Waals surface area contributed by atoms with E-state index in [9.17, 15) is 24.2 Å². The molecule has 0 radical (unpaired) electrons. The Hall–Kier alpha value is -3.59. The van der Waals surface area contributed by atoms with Crippen LogP contribution in [0.25, 0.3) is 11.1 Å². The third-order valence-electron chi connectivity index (χ3n) is 5.47. The van der Waals surface area contributed by atoms with Crippen LogP contribution < -0.4 is 5.32 Å². The van der Waals surface area contributed by atoms with E-state index in [1.54, 1.807) is 13.0 Å². The van der Waals surface area contributed by atoms with Gasteiger partial charge in [-0.25, -0.2) is 4.39 Å². The van der Waals surface area contributed by atoms with Crippen LogP contribution >= 0.6 is 0 Å². The first-order chi connectivity index (χ1) is 15.3. The molecule has 2 atom stereocenters. The number of aliphatic hydroxyl groups is 1. The summed E-state index contributed by atoms with van der Waals surface area (Å²) in [6.07, 6.45) is 1.82. The molecular formula is C23H25FN4O4. The predicted molar refractivity (Wildman–Crippen MR) is 115 cm³/mol. The van der Waals surface area contributed by atoms with Crippen molar-refractivity contribution in [2.45, 2.75) is 32.2 Å². The zero-order chi connectivity index (χ0) is 23.1. The molecule has 1 heterocycles. The molecule has 32 heavy (non-hydrogen) atoms. The van der Waals surface area contributed by atoms with Crippen molar-refractivity contribution in [2.75, 3.05) is 6.61 Å². The van der Waals surface area contributed by atoms with Crippen LogP contribution in [-0.2, 0) is 11.2 Å². The summed E-state index contributed by atoms with van der Waals surface area (Å²) in [6, 6.07) is 13.2. The number of amides is 1. The number of carboxylic acids is 1. The Bertz CT molecular complexity index is 1060. The highest BCUT2D eigenvalue weighted by atomic mass is 19.1. The topological polar surface area (TPSA) is 128 Å². The highest BCUT2D eigenvalue weighted by molar-refractivity contribution is 5.92. The summed E-state index contributed by atoms with van der Waals surface area (Å²) in [4.78, 5) is 24.4. The van der Waals surface area contributed by atoms with Gasteiger partial charge in [0, 0.05) is 12.6 Å². The van der Waals surface area contributed by atoms with Gasteiger partial charge in [-0.05, 0) is 55.0 Å². The van der Waals surface area contributed by atoms with E-state index in [-0.39, 0.29) is 31.0 Å². The largest absolute Gasteiger partial charge is 0.481 e. The van der Waals surface area contributed by atoms with E-state index in [0.29, 0.717) is 6.42 Å². The summed E-state index contributed by atoms with van der Waals surface area (Å²) in [5.74, 6) is -1.82. The maximum absolute atomic E-state index is 13.5. The van der Waals surface area contributed by atoms with E-state index in [0.717, 1.165) is 16.7 Å². The number of carbonyl (C=O) groups excluding carboxylic acids is 1. The Morgan fingerprint density at radius 1 is 1.19 bits per heavy atom. The number of aromatic nitrogens is 3. The maximum atomic E-state index is 13.5. The van der Waals surface area contributed by atoms with Crippen molar-refractivity contribution >= 4 is 11.9 Å². The van der Waals surface area contributed by atoms with Crippen molar-refractivity contribution in [2.24, 2.45) is 5.41 Å². The number of nitrogens with zero attached hydrogens (tertiary/aromatic N) is 2. The monoisotopic (exact) mass is 440 g/mol. The average Bonchev–Trinajstić information content (AvgIpc) is 3.29. The standard InChI is InChI=1S/C23H25FN4O4/c1-23(9-10-29,22(31)32)13-19(26-21(30)20-14-25-28-27-20)11-15-5-7-16(8-6-15)17-3-2-4-18(24)12-17/h2-8,12,14,19,29H,9-11,13H2,1H3,(H,26,30)(H,31,32)(H,25,27,28)/t19-,23?/m1/s1. The lowest BCUT2D eigenvalue weighted by atomic mass is 9.79. The Morgan fingerprint density at radius 3 is 2.53 bits per heavy atom. The van der Waals surface area contributed by atoms with Crippen molar-refractivity contribution in [3.8, 4) is 11.1 Å². The van der Waals surface area contributed by atoms with Gasteiger partial charge in [0.05, 0.1) is 11.6 Å². The number of hydrogen-bond acceptors (Lipinski definition) is 5. The van der Waals surface area contributed by atoms with Crippen molar-refractivity contribution in [1.82, 2.24) is 20.7 Å². The van der Waals surface area contributed by atoms with E-state index in [2.05, 4.69) is 20.7 Å². The lowest BCUT2D eigenvalue weighted by Crippen LogP contribution is -2.43. The highest BCUT2D eigenvalue weighted by Gasteiger charge is 2.36. The van der Waals surface area contributed by atoms with Gasteiger partial charge in [0.15, 0.2) is 0 Å². The molecule has 0 spiro atoms. The normalized spacial score (nSPS) is 13.8. The summed E-state index contributed by atoms with van der Waals surface area (Å²) in [5.41, 5.74) is 1.40. The van der Waals surface area contributed by atoms with Crippen molar-refractivity contribution in [1.29, 1.82) is 0 Å². The fourth-order valence-corrected chi connectivity index (χ4v) is 3.62. The van der Waals surface area contributed by atoms with Gasteiger partial charge in [0.1, 0.15) is 11.5 Å². The number of halogens is 1. The van der Waals surface area contributed by atoms with Gasteiger partial charge in [-0.1, -0.05) is 41.6 Å². The lowest BCUT2D eigenvalue weighted by molar-refractivity contribution is -0.149. The van der Waals surface area contributed by atoms with Crippen LogP contribution in [0.4, 0.5) is 4.39 Å². The van der Waals surface area contributed by atoms with E-state index < -0.39 is 23.3 Å². The van der Waals surface area contributed by atoms with Crippen LogP contribution in [0.3, 0.4) is 0 Å². The number of carbonyl (C=O) groups is 2. The number of aliphatic hydroxyl groups excluding tert-OH is 1. The van der Waals surface area contributed by atoms with Crippen molar-refractivity contribution in [3.05, 3.63) is 71.8 Å². The Labute approximate surface area is 184 Å². The quantitative estimate of drug-likeness (QED) is 0.384. The molecule has 0 aliphatic carbocycles. The van der Waals surface area contributed by atoms with Crippen LogP contribution in [0.1, 0.15) is 35.8 Å². The fourth-order valence-electron chi connectivity index (χ4n) is 3.62. The minimum Gasteiger partial charge on any atom is -0.481 e. The number of aromatic amines is 1. The third-order valence-corrected chi connectivity index (χ3v) is 5.47. The molecule has 2 aromatic carbocycles. The number of carboxylic acid groups (broad SMARTS) is 1. The minimum absolute atomic E-state index is 0.0544. The molecule has 3 aromatic rings.